The Balaban J connectivity index is 2.75. The molecular weight excluding hydrogens is 256 g/mol. The summed E-state index contributed by atoms with van der Waals surface area (Å²) in [6, 6.07) is 0. The van der Waals surface area contributed by atoms with Gasteiger partial charge in [0.1, 0.15) is 0 Å². The number of hydrogen-bond donors (Lipinski definition) is 1. The first kappa shape index (κ1) is 14.4. The molecule has 1 aromatic heterocycles. The van der Waals surface area contributed by atoms with Crippen LogP contribution in [0.5, 0.6) is 0 Å². The normalized spacial score (nSPS) is 10.2. The molecule has 18 heavy (non-hydrogen) atoms. The Hall–Kier alpha value is -1.63. The van der Waals surface area contributed by atoms with Crippen LogP contribution in [-0.2, 0) is 4.79 Å². The second kappa shape index (κ2) is 6.34. The van der Waals surface area contributed by atoms with E-state index in [1.807, 2.05) is 13.8 Å². The molecule has 8 heteroatoms. The van der Waals surface area contributed by atoms with Crippen molar-refractivity contribution in [3.63, 3.8) is 0 Å². The van der Waals surface area contributed by atoms with Crippen LogP contribution in [0.4, 0.5) is 11.9 Å². The van der Waals surface area contributed by atoms with E-state index in [0.29, 0.717) is 13.1 Å². The zero-order valence-corrected chi connectivity index (χ0v) is 11.5. The smallest absolute Gasteiger partial charge is 0.242 e. The molecule has 1 rings (SSSR count). The van der Waals surface area contributed by atoms with Gasteiger partial charge in [0.15, 0.2) is 0 Å². The maximum Gasteiger partial charge on any atom is 0.242 e. The number of hydrogen-bond acceptors (Lipinski definition) is 6. The lowest BCUT2D eigenvalue weighted by molar-refractivity contribution is -0.129. The molecule has 0 aliphatic carbocycles. The molecule has 0 spiro atoms. The highest BCUT2D eigenvalue weighted by Gasteiger charge is 2.15. The van der Waals surface area contributed by atoms with Crippen molar-refractivity contribution in [3.05, 3.63) is 5.28 Å². The summed E-state index contributed by atoms with van der Waals surface area (Å²) in [6.07, 6.45) is 0. The van der Waals surface area contributed by atoms with Gasteiger partial charge in [-0.3, -0.25) is 4.79 Å². The van der Waals surface area contributed by atoms with Crippen molar-refractivity contribution in [2.75, 3.05) is 37.3 Å². The summed E-state index contributed by atoms with van der Waals surface area (Å²) in [7, 11) is 1.70. The van der Waals surface area contributed by atoms with Crippen LogP contribution >= 0.6 is 11.6 Å². The highest BCUT2D eigenvalue weighted by atomic mass is 35.5. The van der Waals surface area contributed by atoms with Crippen molar-refractivity contribution < 1.29 is 4.79 Å². The number of likely N-dealkylation sites (N-methyl/N-ethyl adjacent to an activating group) is 2. The minimum absolute atomic E-state index is 0.00222. The Bertz CT molecular complexity index is 403. The largest absolute Gasteiger partial charge is 0.368 e. The maximum absolute atomic E-state index is 11.9. The predicted molar refractivity (Wildman–Crippen MR) is 70.4 cm³/mol. The monoisotopic (exact) mass is 272 g/mol. The highest BCUT2D eigenvalue weighted by molar-refractivity contribution is 6.28. The summed E-state index contributed by atoms with van der Waals surface area (Å²) in [4.78, 5) is 26.7. The third-order valence-electron chi connectivity index (χ3n) is 2.44. The van der Waals surface area contributed by atoms with Crippen LogP contribution in [-0.4, -0.2) is 52.4 Å². The SMILES string of the molecule is CCN(CC)C(=O)CN(C)c1nc(N)nc(Cl)n1. The number of amides is 1. The molecule has 100 valence electrons. The molecule has 1 heterocycles. The molecule has 0 saturated heterocycles. The topological polar surface area (TPSA) is 88.2 Å². The lowest BCUT2D eigenvalue weighted by atomic mass is 10.4. The van der Waals surface area contributed by atoms with Crippen molar-refractivity contribution >= 4 is 29.4 Å². The molecule has 0 radical (unpaired) electrons. The van der Waals surface area contributed by atoms with E-state index in [9.17, 15) is 4.79 Å². The molecule has 0 fully saturated rings. The Morgan fingerprint density at radius 3 is 2.39 bits per heavy atom. The number of rotatable bonds is 5. The zero-order valence-electron chi connectivity index (χ0n) is 10.7. The Morgan fingerprint density at radius 1 is 1.28 bits per heavy atom. The minimum Gasteiger partial charge on any atom is -0.368 e. The lowest BCUT2D eigenvalue weighted by Crippen LogP contribution is -2.39. The first-order valence-electron chi connectivity index (χ1n) is 5.63. The highest BCUT2D eigenvalue weighted by Crippen LogP contribution is 2.10. The standard InChI is InChI=1S/C10H17ClN6O/c1-4-17(5-2)7(18)6-16(3)10-14-8(11)13-9(12)15-10/h4-6H2,1-3H3,(H2,12,13,14,15). The quantitative estimate of drug-likeness (QED) is 0.835. The molecule has 0 aliphatic heterocycles. The first-order chi connectivity index (χ1) is 8.47. The van der Waals surface area contributed by atoms with Crippen molar-refractivity contribution in [3.8, 4) is 0 Å². The average Bonchev–Trinajstić information content (AvgIpc) is 2.29. The molecule has 0 bridgehead atoms. The Labute approximate surface area is 111 Å². The van der Waals surface area contributed by atoms with Crippen LogP contribution in [0.2, 0.25) is 5.28 Å². The van der Waals surface area contributed by atoms with Gasteiger partial charge in [-0.05, 0) is 25.4 Å². The van der Waals surface area contributed by atoms with E-state index in [-0.39, 0.29) is 29.6 Å². The summed E-state index contributed by atoms with van der Waals surface area (Å²) >= 11 is 5.68. The van der Waals surface area contributed by atoms with Crippen LogP contribution in [0.1, 0.15) is 13.8 Å². The number of nitrogens with zero attached hydrogens (tertiary/aromatic N) is 5. The van der Waals surface area contributed by atoms with Gasteiger partial charge in [0.05, 0.1) is 6.54 Å². The molecule has 2 N–H and O–H groups in total. The van der Waals surface area contributed by atoms with E-state index in [4.69, 9.17) is 17.3 Å². The second-order valence-corrected chi connectivity index (χ2v) is 4.02. The molecule has 0 saturated carbocycles. The van der Waals surface area contributed by atoms with Gasteiger partial charge >= 0.3 is 0 Å². The van der Waals surface area contributed by atoms with Crippen LogP contribution < -0.4 is 10.6 Å². The zero-order chi connectivity index (χ0) is 13.7. The second-order valence-electron chi connectivity index (χ2n) is 3.68. The van der Waals surface area contributed by atoms with Gasteiger partial charge in [-0.15, -0.1) is 0 Å². The van der Waals surface area contributed by atoms with Crippen molar-refractivity contribution in [1.29, 1.82) is 0 Å². The van der Waals surface area contributed by atoms with E-state index >= 15 is 0 Å². The van der Waals surface area contributed by atoms with Crippen LogP contribution in [0.25, 0.3) is 0 Å². The fourth-order valence-electron chi connectivity index (χ4n) is 1.48. The number of nitrogens with two attached hydrogens (primary N) is 1. The van der Waals surface area contributed by atoms with E-state index in [2.05, 4.69) is 15.0 Å². The number of nitrogen functional groups attached to an aromatic ring is 1. The molecule has 0 unspecified atom stereocenters. The summed E-state index contributed by atoms with van der Waals surface area (Å²) in [6.45, 7) is 5.37. The van der Waals surface area contributed by atoms with Gasteiger partial charge in [0.25, 0.3) is 0 Å². The number of anilines is 2. The first-order valence-corrected chi connectivity index (χ1v) is 6.01. The maximum atomic E-state index is 11.9. The number of carbonyl (C=O) groups is 1. The van der Waals surface area contributed by atoms with Crippen molar-refractivity contribution in [1.82, 2.24) is 19.9 Å². The predicted octanol–water partition coefficient (Wildman–Crippen LogP) is 0.412. The molecule has 7 nitrogen and oxygen atoms in total. The van der Waals surface area contributed by atoms with Crippen molar-refractivity contribution in [2.45, 2.75) is 13.8 Å². The fraction of sp³-hybridized carbons (Fsp3) is 0.600. The van der Waals surface area contributed by atoms with Gasteiger partial charge < -0.3 is 15.5 Å². The van der Waals surface area contributed by atoms with Gasteiger partial charge in [-0.2, -0.15) is 15.0 Å². The van der Waals surface area contributed by atoms with Crippen LogP contribution in [0.15, 0.2) is 0 Å². The van der Waals surface area contributed by atoms with Crippen LogP contribution in [0.3, 0.4) is 0 Å². The third kappa shape index (κ3) is 3.69. The van der Waals surface area contributed by atoms with Gasteiger partial charge in [-0.1, -0.05) is 0 Å². The van der Waals surface area contributed by atoms with Crippen molar-refractivity contribution in [2.24, 2.45) is 0 Å². The minimum atomic E-state index is -0.00222. The Morgan fingerprint density at radius 2 is 1.89 bits per heavy atom. The van der Waals surface area contributed by atoms with E-state index < -0.39 is 0 Å². The molecule has 1 aromatic rings. The van der Waals surface area contributed by atoms with Crippen LogP contribution in [0, 0.1) is 0 Å². The summed E-state index contributed by atoms with van der Waals surface area (Å²) < 4.78 is 0. The fourth-order valence-corrected chi connectivity index (χ4v) is 1.64. The van der Waals surface area contributed by atoms with Gasteiger partial charge in [0, 0.05) is 20.1 Å². The average molecular weight is 273 g/mol. The Kier molecular flexibility index (Phi) is 5.08. The third-order valence-corrected chi connectivity index (χ3v) is 2.61. The molecule has 1 amide bonds. The molecule has 0 aliphatic rings. The van der Waals surface area contributed by atoms with Gasteiger partial charge in [-0.25, -0.2) is 0 Å². The summed E-state index contributed by atoms with van der Waals surface area (Å²) in [5.41, 5.74) is 5.47. The van der Waals surface area contributed by atoms with E-state index in [1.165, 1.54) is 0 Å². The summed E-state index contributed by atoms with van der Waals surface area (Å²) in [5, 5.41) is 0.0136. The number of carbonyl (C=O) groups excluding carboxylic acids is 1. The molecule has 0 aromatic carbocycles. The molecular formula is C10H17ClN6O. The molecule has 0 atom stereocenters. The number of halogens is 1. The lowest BCUT2D eigenvalue weighted by Gasteiger charge is -2.23. The van der Waals surface area contributed by atoms with E-state index in [0.717, 1.165) is 0 Å². The summed E-state index contributed by atoms with van der Waals surface area (Å²) in [5.74, 6) is 0.317. The van der Waals surface area contributed by atoms with Gasteiger partial charge in [0.2, 0.25) is 23.1 Å². The number of aromatic nitrogens is 3. The van der Waals surface area contributed by atoms with E-state index in [1.54, 1.807) is 16.8 Å².